The monoisotopic (exact) mass is 387 g/mol. The van der Waals surface area contributed by atoms with E-state index in [1.165, 1.54) is 0 Å². The molecule has 4 aromatic rings. The number of anilines is 2. The second-order valence-corrected chi connectivity index (χ2v) is 6.71. The van der Waals surface area contributed by atoms with Gasteiger partial charge in [-0.05, 0) is 54.4 Å². The Kier molecular flexibility index (Phi) is 4.91. The minimum absolute atomic E-state index is 0.248. The molecule has 0 aliphatic carbocycles. The van der Waals surface area contributed by atoms with Crippen molar-refractivity contribution in [2.24, 2.45) is 0 Å². The van der Waals surface area contributed by atoms with E-state index in [0.717, 1.165) is 27.2 Å². The molecule has 0 spiro atoms. The van der Waals surface area contributed by atoms with Crippen LogP contribution in [0.25, 0.3) is 21.7 Å². The van der Waals surface area contributed by atoms with E-state index >= 15 is 0 Å². The molecule has 3 aromatic carbocycles. The molecule has 0 unspecified atom stereocenters. The molecular formula is C23H21N3O3. The SMILES string of the molecule is CCOC(=O)Nc1cccc(NC(=O)c2cc3c(ccc4ccccc43)[nH]2)c1C. The number of hydrogen-bond acceptors (Lipinski definition) is 3. The minimum Gasteiger partial charge on any atom is -0.450 e. The number of benzene rings is 3. The average molecular weight is 387 g/mol. The molecule has 3 N–H and O–H groups in total. The zero-order valence-corrected chi connectivity index (χ0v) is 16.2. The van der Waals surface area contributed by atoms with Gasteiger partial charge in [0.2, 0.25) is 0 Å². The molecule has 4 rings (SSSR count). The average Bonchev–Trinajstić information content (AvgIpc) is 3.16. The molecule has 0 aliphatic heterocycles. The Bertz CT molecular complexity index is 1230. The molecule has 1 heterocycles. The maximum absolute atomic E-state index is 12.9. The molecule has 0 aliphatic rings. The van der Waals surface area contributed by atoms with Crippen molar-refractivity contribution in [3.8, 4) is 0 Å². The summed E-state index contributed by atoms with van der Waals surface area (Å²) in [6.07, 6.45) is -0.526. The third kappa shape index (κ3) is 3.65. The van der Waals surface area contributed by atoms with E-state index in [1.54, 1.807) is 25.1 Å². The number of fused-ring (bicyclic) bond motifs is 3. The lowest BCUT2D eigenvalue weighted by Crippen LogP contribution is -2.16. The third-order valence-electron chi connectivity index (χ3n) is 4.87. The number of rotatable bonds is 4. The summed E-state index contributed by atoms with van der Waals surface area (Å²) in [7, 11) is 0. The molecule has 146 valence electrons. The van der Waals surface area contributed by atoms with Crippen LogP contribution in [0.3, 0.4) is 0 Å². The quantitative estimate of drug-likeness (QED) is 0.435. The van der Waals surface area contributed by atoms with Gasteiger partial charge >= 0.3 is 6.09 Å². The van der Waals surface area contributed by atoms with Gasteiger partial charge in [-0.15, -0.1) is 0 Å². The number of hydrogen-bond donors (Lipinski definition) is 3. The molecule has 0 bridgehead atoms. The topological polar surface area (TPSA) is 83.2 Å². The number of amides is 2. The summed E-state index contributed by atoms with van der Waals surface area (Å²) in [5.74, 6) is -0.248. The van der Waals surface area contributed by atoms with Crippen molar-refractivity contribution < 1.29 is 14.3 Å². The van der Waals surface area contributed by atoms with E-state index in [9.17, 15) is 9.59 Å². The van der Waals surface area contributed by atoms with E-state index in [2.05, 4.69) is 15.6 Å². The molecule has 1 aromatic heterocycles. The van der Waals surface area contributed by atoms with Crippen LogP contribution in [0.1, 0.15) is 23.0 Å². The Morgan fingerprint density at radius 3 is 2.48 bits per heavy atom. The van der Waals surface area contributed by atoms with Gasteiger partial charge in [-0.25, -0.2) is 4.79 Å². The summed E-state index contributed by atoms with van der Waals surface area (Å²) in [5, 5.41) is 8.83. The maximum Gasteiger partial charge on any atom is 0.411 e. The number of carbonyl (C=O) groups is 2. The fourth-order valence-corrected chi connectivity index (χ4v) is 3.38. The predicted octanol–water partition coefficient (Wildman–Crippen LogP) is 5.45. The molecule has 0 saturated heterocycles. The second kappa shape index (κ2) is 7.67. The standard InChI is InChI=1S/C23H21N3O3/c1-3-29-23(28)26-19-10-6-9-18(14(19)2)25-22(27)21-13-17-16-8-5-4-7-15(16)11-12-20(17)24-21/h4-13,24H,3H2,1-2H3,(H,25,27)(H,26,28). The van der Waals surface area contributed by atoms with Gasteiger partial charge in [0.25, 0.3) is 5.91 Å². The Balaban J connectivity index is 1.61. The van der Waals surface area contributed by atoms with Gasteiger partial charge in [0.05, 0.1) is 6.61 Å². The first kappa shape index (κ1) is 18.6. The number of ether oxygens (including phenoxy) is 1. The van der Waals surface area contributed by atoms with Gasteiger partial charge < -0.3 is 15.0 Å². The van der Waals surface area contributed by atoms with Crippen molar-refractivity contribution in [1.29, 1.82) is 0 Å². The number of aromatic nitrogens is 1. The van der Waals surface area contributed by atoms with Crippen molar-refractivity contribution in [1.82, 2.24) is 4.98 Å². The summed E-state index contributed by atoms with van der Waals surface area (Å²) >= 11 is 0. The second-order valence-electron chi connectivity index (χ2n) is 6.71. The lowest BCUT2D eigenvalue weighted by molar-refractivity contribution is 0.102. The lowest BCUT2D eigenvalue weighted by Gasteiger charge is -2.13. The molecule has 29 heavy (non-hydrogen) atoms. The summed E-state index contributed by atoms with van der Waals surface area (Å²) in [6, 6.07) is 19.3. The Labute approximate surface area is 167 Å². The van der Waals surface area contributed by atoms with Crippen molar-refractivity contribution in [3.63, 3.8) is 0 Å². The highest BCUT2D eigenvalue weighted by molar-refractivity contribution is 6.12. The number of carbonyl (C=O) groups excluding carboxylic acids is 2. The van der Waals surface area contributed by atoms with E-state index in [-0.39, 0.29) is 12.5 Å². The van der Waals surface area contributed by atoms with Crippen LogP contribution in [0.2, 0.25) is 0 Å². The fourth-order valence-electron chi connectivity index (χ4n) is 3.38. The summed E-state index contributed by atoms with van der Waals surface area (Å²) in [5.41, 5.74) is 3.33. The van der Waals surface area contributed by atoms with Gasteiger partial charge in [0, 0.05) is 22.3 Å². The number of nitrogens with one attached hydrogen (secondary N) is 3. The van der Waals surface area contributed by atoms with Gasteiger partial charge in [-0.3, -0.25) is 10.1 Å². The first-order valence-corrected chi connectivity index (χ1v) is 9.42. The third-order valence-corrected chi connectivity index (χ3v) is 4.87. The minimum atomic E-state index is -0.526. The number of aromatic amines is 1. The zero-order valence-electron chi connectivity index (χ0n) is 16.2. The predicted molar refractivity (Wildman–Crippen MR) is 116 cm³/mol. The highest BCUT2D eigenvalue weighted by Gasteiger charge is 2.14. The highest BCUT2D eigenvalue weighted by atomic mass is 16.5. The van der Waals surface area contributed by atoms with Crippen molar-refractivity contribution in [3.05, 3.63) is 71.9 Å². The van der Waals surface area contributed by atoms with Crippen LogP contribution in [0.15, 0.2) is 60.7 Å². The highest BCUT2D eigenvalue weighted by Crippen LogP contribution is 2.27. The maximum atomic E-state index is 12.9. The van der Waals surface area contributed by atoms with Crippen LogP contribution < -0.4 is 10.6 Å². The molecule has 0 fully saturated rings. The molecule has 6 heteroatoms. The summed E-state index contributed by atoms with van der Waals surface area (Å²) < 4.78 is 4.92. The Morgan fingerprint density at radius 2 is 1.69 bits per heavy atom. The van der Waals surface area contributed by atoms with Crippen molar-refractivity contribution in [2.75, 3.05) is 17.2 Å². The van der Waals surface area contributed by atoms with Crippen LogP contribution in [0.5, 0.6) is 0 Å². The van der Waals surface area contributed by atoms with Gasteiger partial charge in [0.1, 0.15) is 5.69 Å². The Morgan fingerprint density at radius 1 is 0.931 bits per heavy atom. The molecule has 0 radical (unpaired) electrons. The fraction of sp³-hybridized carbons (Fsp3) is 0.130. The largest absolute Gasteiger partial charge is 0.450 e. The van der Waals surface area contributed by atoms with Crippen LogP contribution in [-0.4, -0.2) is 23.6 Å². The van der Waals surface area contributed by atoms with E-state index in [4.69, 9.17) is 4.74 Å². The van der Waals surface area contributed by atoms with E-state index in [1.807, 2.05) is 49.4 Å². The van der Waals surface area contributed by atoms with E-state index in [0.29, 0.717) is 17.1 Å². The van der Waals surface area contributed by atoms with E-state index < -0.39 is 6.09 Å². The van der Waals surface area contributed by atoms with Gasteiger partial charge in [-0.1, -0.05) is 36.4 Å². The lowest BCUT2D eigenvalue weighted by atomic mass is 10.1. The van der Waals surface area contributed by atoms with Crippen LogP contribution >= 0.6 is 0 Å². The van der Waals surface area contributed by atoms with Crippen molar-refractivity contribution >= 4 is 45.1 Å². The molecule has 0 atom stereocenters. The molecule has 0 saturated carbocycles. The van der Waals surface area contributed by atoms with Crippen LogP contribution in [0, 0.1) is 6.92 Å². The zero-order chi connectivity index (χ0) is 20.4. The summed E-state index contributed by atoms with van der Waals surface area (Å²) in [4.78, 5) is 27.7. The normalized spacial score (nSPS) is 10.8. The van der Waals surface area contributed by atoms with Crippen LogP contribution in [0.4, 0.5) is 16.2 Å². The Hall–Kier alpha value is -3.80. The summed E-state index contributed by atoms with van der Waals surface area (Å²) in [6.45, 7) is 3.86. The van der Waals surface area contributed by atoms with Gasteiger partial charge in [-0.2, -0.15) is 0 Å². The number of H-pyrrole nitrogens is 1. The molecule has 6 nitrogen and oxygen atoms in total. The molecular weight excluding hydrogens is 366 g/mol. The van der Waals surface area contributed by atoms with Crippen molar-refractivity contribution in [2.45, 2.75) is 13.8 Å². The van der Waals surface area contributed by atoms with Gasteiger partial charge in [0.15, 0.2) is 0 Å². The first-order chi connectivity index (χ1) is 14.1. The first-order valence-electron chi connectivity index (χ1n) is 9.42. The molecule has 2 amide bonds. The van der Waals surface area contributed by atoms with Crippen LogP contribution in [-0.2, 0) is 4.74 Å². The smallest absolute Gasteiger partial charge is 0.411 e.